The van der Waals surface area contributed by atoms with E-state index in [4.69, 9.17) is 14.2 Å². The Morgan fingerprint density at radius 1 is 1.26 bits per heavy atom. The third-order valence-corrected chi connectivity index (χ3v) is 7.54. The zero-order valence-corrected chi connectivity index (χ0v) is 19.1. The topological polar surface area (TPSA) is 61.8 Å². The van der Waals surface area contributed by atoms with Crippen LogP contribution in [0.1, 0.15) is 64.0 Å². The zero-order chi connectivity index (χ0) is 22.2. The summed E-state index contributed by atoms with van der Waals surface area (Å²) in [6.07, 6.45) is 6.18. The average molecular weight is 427 g/mol. The minimum Gasteiger partial charge on any atom is -0.497 e. The molecule has 4 rings (SSSR count). The Morgan fingerprint density at radius 3 is 2.81 bits per heavy atom. The molecule has 0 heterocycles. The summed E-state index contributed by atoms with van der Waals surface area (Å²) in [4.78, 5) is 25.0. The van der Waals surface area contributed by atoms with Crippen LogP contribution in [0.2, 0.25) is 0 Å². The Morgan fingerprint density at radius 2 is 2.06 bits per heavy atom. The SMILES string of the molecule is COc1ccc2c(c1)CCC1(COC(=O)O[C@H]3C[C@@H](C)CC[C@@H]3C(C)C)CC(=O)C=C21. The van der Waals surface area contributed by atoms with Gasteiger partial charge in [0.05, 0.1) is 7.11 Å². The van der Waals surface area contributed by atoms with Gasteiger partial charge in [-0.3, -0.25) is 4.79 Å². The van der Waals surface area contributed by atoms with Crippen LogP contribution < -0.4 is 4.74 Å². The van der Waals surface area contributed by atoms with Crippen LogP contribution in [0, 0.1) is 23.2 Å². The molecule has 0 spiro atoms. The summed E-state index contributed by atoms with van der Waals surface area (Å²) >= 11 is 0. The number of hydrogen-bond acceptors (Lipinski definition) is 5. The van der Waals surface area contributed by atoms with Gasteiger partial charge in [-0.05, 0) is 78.3 Å². The highest BCUT2D eigenvalue weighted by Gasteiger charge is 2.46. The van der Waals surface area contributed by atoms with Crippen LogP contribution in [0.3, 0.4) is 0 Å². The van der Waals surface area contributed by atoms with Crippen LogP contribution in [-0.4, -0.2) is 31.8 Å². The van der Waals surface area contributed by atoms with Gasteiger partial charge in [0.25, 0.3) is 0 Å². The molecule has 168 valence electrons. The smallest absolute Gasteiger partial charge is 0.497 e. The molecule has 5 nitrogen and oxygen atoms in total. The number of hydrogen-bond donors (Lipinski definition) is 0. The van der Waals surface area contributed by atoms with Gasteiger partial charge >= 0.3 is 6.16 Å². The first kappa shape index (κ1) is 21.9. The van der Waals surface area contributed by atoms with Gasteiger partial charge in [0.1, 0.15) is 18.5 Å². The molecule has 0 aliphatic heterocycles. The fraction of sp³-hybridized carbons (Fsp3) is 0.615. The van der Waals surface area contributed by atoms with Crippen LogP contribution >= 0.6 is 0 Å². The standard InChI is InChI=1S/C26H34O5/c1-16(2)21-7-5-17(3)11-24(21)31-25(28)30-15-26-10-9-18-12-20(29-4)6-8-22(18)23(26)13-19(27)14-26/h6,8,12-13,16-17,21,24H,5,7,9-11,14-15H2,1-4H3/t17-,21+,24-,26?/m0/s1. The van der Waals surface area contributed by atoms with E-state index in [1.165, 1.54) is 12.0 Å². The summed E-state index contributed by atoms with van der Waals surface area (Å²) in [7, 11) is 1.66. The number of carbonyl (C=O) groups excluding carboxylic acids is 2. The van der Waals surface area contributed by atoms with Gasteiger partial charge in [-0.15, -0.1) is 0 Å². The van der Waals surface area contributed by atoms with Crippen molar-refractivity contribution in [2.75, 3.05) is 13.7 Å². The monoisotopic (exact) mass is 426 g/mol. The van der Waals surface area contributed by atoms with Crippen LogP contribution in [-0.2, 0) is 20.7 Å². The highest BCUT2D eigenvalue weighted by molar-refractivity contribution is 6.05. The maximum absolute atomic E-state index is 12.7. The van der Waals surface area contributed by atoms with E-state index in [1.54, 1.807) is 13.2 Å². The number of carbonyl (C=O) groups is 2. The quantitative estimate of drug-likeness (QED) is 0.574. The molecule has 1 saturated carbocycles. The van der Waals surface area contributed by atoms with Crippen LogP contribution in [0.25, 0.3) is 5.57 Å². The second-order valence-corrected chi connectivity index (χ2v) is 10.0. The first-order chi connectivity index (χ1) is 14.8. The van der Waals surface area contributed by atoms with Crippen molar-refractivity contribution in [1.29, 1.82) is 0 Å². The number of fused-ring (bicyclic) bond motifs is 3. The molecule has 0 saturated heterocycles. The molecule has 1 aromatic carbocycles. The zero-order valence-electron chi connectivity index (χ0n) is 19.1. The van der Waals surface area contributed by atoms with Crippen molar-refractivity contribution >= 4 is 17.5 Å². The third-order valence-electron chi connectivity index (χ3n) is 7.54. The Bertz CT molecular complexity index is 886. The maximum Gasteiger partial charge on any atom is 0.508 e. The molecule has 0 bridgehead atoms. The van der Waals surface area contributed by atoms with Crippen molar-refractivity contribution in [2.24, 2.45) is 23.2 Å². The van der Waals surface area contributed by atoms with Crippen molar-refractivity contribution in [3.05, 3.63) is 35.4 Å². The Hall–Kier alpha value is -2.30. The van der Waals surface area contributed by atoms with E-state index in [0.717, 1.165) is 42.6 Å². The molecular weight excluding hydrogens is 392 g/mol. The van der Waals surface area contributed by atoms with Crippen molar-refractivity contribution in [1.82, 2.24) is 0 Å². The number of methoxy groups -OCH3 is 1. The summed E-state index contributed by atoms with van der Waals surface area (Å²) in [5.41, 5.74) is 2.78. The van der Waals surface area contributed by atoms with Crippen LogP contribution in [0.4, 0.5) is 4.79 Å². The maximum atomic E-state index is 12.7. The number of ether oxygens (including phenoxy) is 3. The number of benzene rings is 1. The molecule has 3 aliphatic carbocycles. The molecule has 1 aromatic rings. The number of allylic oxidation sites excluding steroid dienone is 1. The van der Waals surface area contributed by atoms with Crippen LogP contribution in [0.5, 0.6) is 5.75 Å². The third kappa shape index (κ3) is 4.37. The van der Waals surface area contributed by atoms with E-state index in [-0.39, 0.29) is 18.5 Å². The lowest BCUT2D eigenvalue weighted by Crippen LogP contribution is -2.37. The molecule has 0 radical (unpaired) electrons. The molecule has 1 fully saturated rings. The molecule has 31 heavy (non-hydrogen) atoms. The summed E-state index contributed by atoms with van der Waals surface area (Å²) < 4.78 is 16.8. The van der Waals surface area contributed by atoms with Gasteiger partial charge in [-0.25, -0.2) is 4.79 Å². The predicted molar refractivity (Wildman–Crippen MR) is 119 cm³/mol. The van der Waals surface area contributed by atoms with Crippen LogP contribution in [0.15, 0.2) is 24.3 Å². The average Bonchev–Trinajstić information content (AvgIpc) is 3.08. The van der Waals surface area contributed by atoms with Gasteiger partial charge in [0, 0.05) is 11.8 Å². The van der Waals surface area contributed by atoms with E-state index in [2.05, 4.69) is 20.8 Å². The Kier molecular flexibility index (Phi) is 6.14. The normalized spacial score (nSPS) is 29.8. The summed E-state index contributed by atoms with van der Waals surface area (Å²) in [6.45, 7) is 6.78. The Balaban J connectivity index is 1.45. The molecule has 5 heteroatoms. The lowest BCUT2D eigenvalue weighted by Gasteiger charge is -2.38. The first-order valence-corrected chi connectivity index (χ1v) is 11.6. The summed E-state index contributed by atoms with van der Waals surface area (Å²) in [5, 5.41) is 0. The van der Waals surface area contributed by atoms with Gasteiger partial charge in [0.2, 0.25) is 0 Å². The van der Waals surface area contributed by atoms with Gasteiger partial charge in [-0.2, -0.15) is 0 Å². The van der Waals surface area contributed by atoms with Crippen molar-refractivity contribution < 1.29 is 23.8 Å². The summed E-state index contributed by atoms with van der Waals surface area (Å²) in [5.74, 6) is 2.31. The molecule has 0 aromatic heterocycles. The van der Waals surface area contributed by atoms with E-state index in [1.807, 2.05) is 18.2 Å². The highest BCUT2D eigenvalue weighted by Crippen LogP contribution is 2.51. The predicted octanol–water partition coefficient (Wildman–Crippen LogP) is 5.60. The minimum absolute atomic E-state index is 0.0893. The molecule has 4 atom stereocenters. The fourth-order valence-electron chi connectivity index (χ4n) is 5.73. The van der Waals surface area contributed by atoms with E-state index in [9.17, 15) is 9.59 Å². The minimum atomic E-state index is -0.599. The van der Waals surface area contributed by atoms with E-state index < -0.39 is 11.6 Å². The molecule has 3 aliphatic rings. The molecule has 0 N–H and O–H groups in total. The lowest BCUT2D eigenvalue weighted by molar-refractivity contribution is -0.116. The first-order valence-electron chi connectivity index (χ1n) is 11.6. The van der Waals surface area contributed by atoms with Crippen molar-refractivity contribution in [3.8, 4) is 5.75 Å². The second kappa shape index (κ2) is 8.68. The highest BCUT2D eigenvalue weighted by atomic mass is 16.7. The molecular formula is C26H34O5. The lowest BCUT2D eigenvalue weighted by atomic mass is 9.69. The van der Waals surface area contributed by atoms with E-state index in [0.29, 0.717) is 24.2 Å². The largest absolute Gasteiger partial charge is 0.508 e. The summed E-state index contributed by atoms with van der Waals surface area (Å²) in [6, 6.07) is 5.97. The van der Waals surface area contributed by atoms with Gasteiger partial charge in [0.15, 0.2) is 5.78 Å². The number of ketones is 1. The van der Waals surface area contributed by atoms with Crippen molar-refractivity contribution in [2.45, 2.75) is 65.4 Å². The number of rotatable bonds is 5. The van der Waals surface area contributed by atoms with E-state index >= 15 is 0 Å². The van der Waals surface area contributed by atoms with Gasteiger partial charge < -0.3 is 14.2 Å². The molecule has 0 amide bonds. The molecule has 1 unspecified atom stereocenters. The van der Waals surface area contributed by atoms with Crippen molar-refractivity contribution in [3.63, 3.8) is 0 Å². The second-order valence-electron chi connectivity index (χ2n) is 10.0. The fourth-order valence-corrected chi connectivity index (χ4v) is 5.73. The Labute approximate surface area is 185 Å². The van der Waals surface area contributed by atoms with Gasteiger partial charge in [-0.1, -0.05) is 33.3 Å². The number of aryl methyl sites for hydroxylation is 1.